The third kappa shape index (κ3) is 19.2. The lowest BCUT2D eigenvalue weighted by Gasteiger charge is -2.39. The van der Waals surface area contributed by atoms with Gasteiger partial charge in [-0.3, -0.25) is 0 Å². The molecule has 0 heterocycles. The van der Waals surface area contributed by atoms with Crippen LogP contribution in [0.2, 0.25) is 0 Å². The Morgan fingerprint density at radius 1 is 0.323 bits per heavy atom. The summed E-state index contributed by atoms with van der Waals surface area (Å²) in [6, 6.07) is 0. The van der Waals surface area contributed by atoms with Gasteiger partial charge in [-0.05, 0) is 0 Å². The summed E-state index contributed by atoms with van der Waals surface area (Å²) in [6.45, 7) is 0. The number of hydrogen-bond acceptors (Lipinski definition) is 15. The van der Waals surface area contributed by atoms with Crippen LogP contribution in [0.5, 0.6) is 0 Å². The minimum atomic E-state index is -3.37. The SMILES string of the molecule is OC[P+](CO)(CO)CO.OC[P+](CO)(CO)CO.OC[P+](CO)(CO)CO.[O-]P([O-])[O-]. The van der Waals surface area contributed by atoms with Crippen LogP contribution in [0.25, 0.3) is 0 Å². The zero-order valence-electron chi connectivity index (χ0n) is 16.9. The fourth-order valence-electron chi connectivity index (χ4n) is 0.805. The molecule has 0 aromatic heterocycles. The Hall–Kier alpha value is 1.12. The first-order chi connectivity index (χ1) is 14.5. The molecular weight excluding hydrogens is 508 g/mol. The molecule has 0 radical (unpaired) electrons. The van der Waals surface area contributed by atoms with Crippen molar-refractivity contribution >= 4 is 30.4 Å². The molecule has 15 nitrogen and oxygen atoms in total. The molecule has 0 aliphatic rings. The molecule has 0 aliphatic heterocycles. The van der Waals surface area contributed by atoms with Gasteiger partial charge in [0.15, 0.2) is 76.2 Å². The van der Waals surface area contributed by atoms with Crippen molar-refractivity contribution in [1.82, 2.24) is 0 Å². The van der Waals surface area contributed by atoms with E-state index in [2.05, 4.69) is 0 Å². The molecule has 0 aromatic rings. The summed E-state index contributed by atoms with van der Waals surface area (Å²) in [5.41, 5.74) is 0. The summed E-state index contributed by atoms with van der Waals surface area (Å²) < 4.78 is 0. The van der Waals surface area contributed by atoms with Gasteiger partial charge in [-0.25, -0.2) is 0 Å². The number of rotatable bonds is 12. The zero-order chi connectivity index (χ0) is 25.6. The van der Waals surface area contributed by atoms with Crippen LogP contribution in [0, 0.1) is 0 Å². The number of hydrogen-bond donors (Lipinski definition) is 12. The van der Waals surface area contributed by atoms with E-state index in [1.807, 2.05) is 0 Å². The van der Waals surface area contributed by atoms with Crippen LogP contribution < -0.4 is 14.7 Å². The van der Waals surface area contributed by atoms with Gasteiger partial charge in [0.1, 0.15) is 21.8 Å². The molecule has 0 spiro atoms. The molecule has 0 rings (SSSR count). The van der Waals surface area contributed by atoms with Gasteiger partial charge in [0.2, 0.25) is 0 Å². The van der Waals surface area contributed by atoms with Crippen molar-refractivity contribution in [3.63, 3.8) is 0 Å². The van der Waals surface area contributed by atoms with Crippen molar-refractivity contribution < 1.29 is 76.0 Å². The van der Waals surface area contributed by atoms with Crippen LogP contribution in [-0.2, 0) is 0 Å². The van der Waals surface area contributed by atoms with Gasteiger partial charge in [-0.1, -0.05) is 0 Å². The average Bonchev–Trinajstić information content (AvgIpc) is 2.80. The highest BCUT2D eigenvalue weighted by molar-refractivity contribution is 7.75. The Morgan fingerprint density at radius 3 is 0.387 bits per heavy atom. The van der Waals surface area contributed by atoms with E-state index in [4.69, 9.17) is 76.0 Å². The lowest BCUT2D eigenvalue weighted by atomic mass is 11.6. The summed E-state index contributed by atoms with van der Waals surface area (Å²) in [5, 5.41) is 103. The first kappa shape index (κ1) is 39.3. The van der Waals surface area contributed by atoms with Gasteiger partial charge in [-0.2, -0.15) is 0 Å². The molecule has 0 saturated carbocycles. The third-order valence-corrected chi connectivity index (χ3v) is 10.8. The van der Waals surface area contributed by atoms with Crippen molar-refractivity contribution in [2.75, 3.05) is 76.2 Å². The standard InChI is InChI=1S/3C4H12O4P.O3P/c3*5-1-9(2-6,3-7)4-8;1-4(2)3/h3*5-8H,1-4H2;/q3*+1;-3. The smallest absolute Gasteiger partial charge is 0.161 e. The Kier molecular flexibility index (Phi) is 30.8. The molecule has 0 bridgehead atoms. The zero-order valence-corrected chi connectivity index (χ0v) is 20.4. The Balaban J connectivity index is -0.000000162. The summed E-state index contributed by atoms with van der Waals surface area (Å²) >= 11 is 0. The lowest BCUT2D eigenvalue weighted by Crippen LogP contribution is -2.18. The average molecular weight is 544 g/mol. The van der Waals surface area contributed by atoms with E-state index in [-0.39, 0.29) is 76.2 Å². The molecule has 0 atom stereocenters. The molecule has 0 unspecified atom stereocenters. The highest BCUT2D eigenvalue weighted by atomic mass is 31.2. The fourth-order valence-corrected chi connectivity index (χ4v) is 2.41. The fraction of sp³-hybridized carbons (Fsp3) is 1.00. The monoisotopic (exact) mass is 544 g/mol. The predicted octanol–water partition coefficient (Wildman–Crippen LogP) is -6.30. The third-order valence-electron chi connectivity index (χ3n) is 3.60. The first-order valence-corrected chi connectivity index (χ1v) is 16.8. The summed E-state index contributed by atoms with van der Waals surface area (Å²) in [6.07, 6.45) is -3.54. The van der Waals surface area contributed by atoms with Gasteiger partial charge in [0.25, 0.3) is 0 Å². The molecule has 0 aromatic carbocycles. The van der Waals surface area contributed by atoms with E-state index in [1.165, 1.54) is 0 Å². The van der Waals surface area contributed by atoms with Crippen LogP contribution >= 0.6 is 30.4 Å². The maximum atomic E-state index is 8.55. The van der Waals surface area contributed by atoms with Crippen molar-refractivity contribution in [2.45, 2.75) is 0 Å². The van der Waals surface area contributed by atoms with Gasteiger partial charge >= 0.3 is 0 Å². The second-order valence-corrected chi connectivity index (χ2v) is 17.8. The second-order valence-electron chi connectivity index (χ2n) is 5.95. The second kappa shape index (κ2) is 24.3. The molecule has 0 saturated heterocycles. The Labute approximate surface area is 183 Å². The van der Waals surface area contributed by atoms with Crippen molar-refractivity contribution in [2.24, 2.45) is 0 Å². The Morgan fingerprint density at radius 2 is 0.387 bits per heavy atom. The van der Waals surface area contributed by atoms with Gasteiger partial charge in [-0.15, -0.1) is 0 Å². The number of aliphatic hydroxyl groups excluding tert-OH is 12. The molecule has 0 amide bonds. The molecule has 0 fully saturated rings. The van der Waals surface area contributed by atoms with Gasteiger partial charge in [0.05, 0.1) is 0 Å². The van der Waals surface area contributed by atoms with Crippen LogP contribution in [0.15, 0.2) is 0 Å². The molecule has 0 aliphatic carbocycles. The van der Waals surface area contributed by atoms with E-state index >= 15 is 0 Å². The normalized spacial score (nSPS) is 11.6. The van der Waals surface area contributed by atoms with Crippen molar-refractivity contribution in [3.8, 4) is 0 Å². The van der Waals surface area contributed by atoms with Crippen LogP contribution in [0.3, 0.4) is 0 Å². The number of aliphatic hydroxyl groups is 12. The summed E-state index contributed by atoms with van der Waals surface area (Å²) in [7, 11) is -9.96. The largest absolute Gasteiger partial charge is 0.854 e. The van der Waals surface area contributed by atoms with Crippen LogP contribution in [0.1, 0.15) is 0 Å². The van der Waals surface area contributed by atoms with Gasteiger partial charge < -0.3 is 84.6 Å². The molecule has 19 heteroatoms. The predicted molar refractivity (Wildman–Crippen MR) is 113 cm³/mol. The van der Waals surface area contributed by atoms with E-state index in [1.54, 1.807) is 0 Å². The quantitative estimate of drug-likeness (QED) is 0.102. The Bertz CT molecular complexity index is 254. The molecular formula is C12H36O15P4. The summed E-state index contributed by atoms with van der Waals surface area (Å²) in [4.78, 5) is 25.4. The molecule has 31 heavy (non-hydrogen) atoms. The minimum absolute atomic E-state index is 0.295. The van der Waals surface area contributed by atoms with E-state index in [9.17, 15) is 0 Å². The highest BCUT2D eigenvalue weighted by Gasteiger charge is 2.35. The summed E-state index contributed by atoms with van der Waals surface area (Å²) in [5.74, 6) is 0. The van der Waals surface area contributed by atoms with Crippen LogP contribution in [0.4, 0.5) is 0 Å². The van der Waals surface area contributed by atoms with E-state index in [0.29, 0.717) is 0 Å². The maximum Gasteiger partial charge on any atom is 0.161 e. The van der Waals surface area contributed by atoms with Crippen molar-refractivity contribution in [1.29, 1.82) is 0 Å². The molecule has 194 valence electrons. The highest BCUT2D eigenvalue weighted by Crippen LogP contribution is 2.55. The van der Waals surface area contributed by atoms with E-state index in [0.717, 1.165) is 0 Å². The minimum Gasteiger partial charge on any atom is -0.854 e. The maximum absolute atomic E-state index is 8.55. The topological polar surface area (TPSA) is 312 Å². The van der Waals surface area contributed by atoms with Crippen LogP contribution in [-0.4, -0.2) is 137 Å². The van der Waals surface area contributed by atoms with Crippen molar-refractivity contribution in [3.05, 3.63) is 0 Å². The van der Waals surface area contributed by atoms with Gasteiger partial charge in [0, 0.05) is 0 Å². The molecule has 12 N–H and O–H groups in total. The lowest BCUT2D eigenvalue weighted by molar-refractivity contribution is -0.407. The first-order valence-electron chi connectivity index (χ1n) is 8.14. The van der Waals surface area contributed by atoms with E-state index < -0.39 is 30.4 Å².